The van der Waals surface area contributed by atoms with Gasteiger partial charge in [0.1, 0.15) is 6.04 Å². The summed E-state index contributed by atoms with van der Waals surface area (Å²) < 4.78 is 0. The first-order chi connectivity index (χ1) is 8.06. The van der Waals surface area contributed by atoms with Crippen molar-refractivity contribution in [3.63, 3.8) is 0 Å². The van der Waals surface area contributed by atoms with Crippen LogP contribution in [0.3, 0.4) is 0 Å². The van der Waals surface area contributed by atoms with Crippen LogP contribution in [0.25, 0.3) is 0 Å². The number of amides is 1. The minimum atomic E-state index is -0.218. The van der Waals surface area contributed by atoms with Crippen LogP contribution in [0.1, 0.15) is 12.0 Å². The van der Waals surface area contributed by atoms with Crippen LogP contribution in [-0.4, -0.2) is 25.5 Å². The van der Waals surface area contributed by atoms with E-state index < -0.39 is 0 Å². The molecule has 1 unspecified atom stereocenters. The number of likely N-dealkylation sites (N-methyl/N-ethyl adjacent to an activating group) is 1. The number of nitrogens with zero attached hydrogens (tertiary/aromatic N) is 1. The normalized spacial score (nSPS) is 18.9. The van der Waals surface area contributed by atoms with E-state index in [-0.39, 0.29) is 11.9 Å². The van der Waals surface area contributed by atoms with E-state index in [0.29, 0.717) is 18.0 Å². The molecule has 0 radical (unpaired) electrons. The number of benzene rings is 1. The number of carbonyl (C=O) groups excluding carboxylic acids is 1. The summed E-state index contributed by atoms with van der Waals surface area (Å²) in [7, 11) is 1.90. The van der Waals surface area contributed by atoms with Crippen molar-refractivity contribution < 1.29 is 4.79 Å². The highest BCUT2D eigenvalue weighted by atomic mass is 35.5. The van der Waals surface area contributed by atoms with E-state index in [1.807, 2.05) is 24.9 Å². The zero-order valence-corrected chi connectivity index (χ0v) is 10.7. The Morgan fingerprint density at radius 1 is 1.53 bits per heavy atom. The maximum atomic E-state index is 11.9. The molecule has 1 aliphatic heterocycles. The maximum absolute atomic E-state index is 11.9. The molecule has 0 aliphatic carbocycles. The average molecular weight is 254 g/mol. The molecule has 4 nitrogen and oxygen atoms in total. The number of carbonyl (C=O) groups is 1. The van der Waals surface area contributed by atoms with Crippen molar-refractivity contribution in [3.8, 4) is 0 Å². The predicted octanol–water partition coefficient (Wildman–Crippen LogP) is 1.75. The van der Waals surface area contributed by atoms with Gasteiger partial charge in [0.2, 0.25) is 5.91 Å². The second-order valence-corrected chi connectivity index (χ2v) is 4.67. The third kappa shape index (κ3) is 1.98. The van der Waals surface area contributed by atoms with E-state index in [2.05, 4.69) is 5.32 Å². The minimum absolute atomic E-state index is 0.00725. The van der Waals surface area contributed by atoms with Gasteiger partial charge in [-0.1, -0.05) is 11.6 Å². The van der Waals surface area contributed by atoms with E-state index in [1.165, 1.54) is 0 Å². The lowest BCUT2D eigenvalue weighted by Crippen LogP contribution is -2.47. The number of nitrogens with two attached hydrogens (primary N) is 1. The Morgan fingerprint density at radius 3 is 2.88 bits per heavy atom. The number of hydrogen-bond donors (Lipinski definition) is 2. The van der Waals surface area contributed by atoms with Gasteiger partial charge in [-0.25, -0.2) is 0 Å². The Bertz CT molecular complexity index is 461. The van der Waals surface area contributed by atoms with Crippen LogP contribution in [-0.2, 0) is 4.79 Å². The molecule has 1 amide bonds. The third-order valence-electron chi connectivity index (χ3n) is 3.19. The van der Waals surface area contributed by atoms with Crippen LogP contribution in [0, 0.1) is 6.92 Å². The molecule has 0 fully saturated rings. The number of fused-ring (bicyclic) bond motifs is 1. The highest BCUT2D eigenvalue weighted by molar-refractivity contribution is 6.32. The Morgan fingerprint density at radius 2 is 2.24 bits per heavy atom. The van der Waals surface area contributed by atoms with Gasteiger partial charge in [-0.3, -0.25) is 4.79 Å². The van der Waals surface area contributed by atoms with Crippen molar-refractivity contribution in [2.45, 2.75) is 19.4 Å². The Balaban J connectivity index is 2.48. The molecule has 17 heavy (non-hydrogen) atoms. The summed E-state index contributed by atoms with van der Waals surface area (Å²) in [5.41, 5.74) is 8.31. The van der Waals surface area contributed by atoms with Crippen LogP contribution in [0.5, 0.6) is 0 Å². The van der Waals surface area contributed by atoms with Gasteiger partial charge < -0.3 is 16.0 Å². The number of hydrogen-bond acceptors (Lipinski definition) is 3. The molecular weight excluding hydrogens is 238 g/mol. The fraction of sp³-hybridized carbons (Fsp3) is 0.417. The second kappa shape index (κ2) is 4.55. The van der Waals surface area contributed by atoms with Crippen LogP contribution >= 0.6 is 11.6 Å². The summed E-state index contributed by atoms with van der Waals surface area (Å²) >= 11 is 6.11. The number of nitrogens with one attached hydrogen (secondary N) is 1. The Kier molecular flexibility index (Phi) is 3.26. The topological polar surface area (TPSA) is 58.4 Å². The van der Waals surface area contributed by atoms with E-state index in [9.17, 15) is 4.79 Å². The summed E-state index contributed by atoms with van der Waals surface area (Å²) in [6.45, 7) is 2.44. The molecule has 1 heterocycles. The molecule has 2 rings (SSSR count). The molecule has 92 valence electrons. The lowest BCUT2D eigenvalue weighted by Gasteiger charge is -2.36. The molecule has 3 N–H and O–H groups in total. The molecular formula is C12H16ClN3O. The summed E-state index contributed by atoms with van der Waals surface area (Å²) in [6, 6.07) is 3.41. The lowest BCUT2D eigenvalue weighted by molar-refractivity contribution is -0.117. The second-order valence-electron chi connectivity index (χ2n) is 4.26. The van der Waals surface area contributed by atoms with E-state index in [4.69, 9.17) is 17.3 Å². The molecule has 1 atom stereocenters. The number of rotatable bonds is 2. The van der Waals surface area contributed by atoms with Crippen LogP contribution < -0.4 is 16.0 Å². The summed E-state index contributed by atoms with van der Waals surface area (Å²) in [6.07, 6.45) is 0.633. The SMILES string of the molecule is Cc1c(Cl)ccc2c1N(C)C(CCN)C(=O)N2. The van der Waals surface area contributed by atoms with Gasteiger partial charge in [0, 0.05) is 12.1 Å². The van der Waals surface area contributed by atoms with Gasteiger partial charge in [0.25, 0.3) is 0 Å². The van der Waals surface area contributed by atoms with E-state index >= 15 is 0 Å². The largest absolute Gasteiger partial charge is 0.361 e. The average Bonchev–Trinajstić information content (AvgIpc) is 2.29. The standard InChI is InChI=1S/C12H16ClN3O/c1-7-8(13)3-4-9-11(7)16(2)10(5-6-14)12(17)15-9/h3-4,10H,5-6,14H2,1-2H3,(H,15,17). The first kappa shape index (κ1) is 12.2. The molecule has 1 aliphatic rings. The number of halogens is 1. The van der Waals surface area contributed by atoms with Gasteiger partial charge in [-0.05, 0) is 37.6 Å². The van der Waals surface area contributed by atoms with Gasteiger partial charge >= 0.3 is 0 Å². The molecule has 1 aromatic rings. The summed E-state index contributed by atoms with van der Waals surface area (Å²) in [5, 5.41) is 3.61. The van der Waals surface area contributed by atoms with Crippen molar-refractivity contribution in [2.75, 3.05) is 23.8 Å². The summed E-state index contributed by atoms with van der Waals surface area (Å²) in [5.74, 6) is -0.00725. The first-order valence-electron chi connectivity index (χ1n) is 5.59. The van der Waals surface area contributed by atoms with Crippen molar-refractivity contribution in [1.82, 2.24) is 0 Å². The van der Waals surface area contributed by atoms with Crippen molar-refractivity contribution in [1.29, 1.82) is 0 Å². The molecule has 0 bridgehead atoms. The van der Waals surface area contributed by atoms with Crippen molar-refractivity contribution in [3.05, 3.63) is 22.7 Å². The van der Waals surface area contributed by atoms with Crippen LogP contribution in [0.15, 0.2) is 12.1 Å². The third-order valence-corrected chi connectivity index (χ3v) is 3.60. The van der Waals surface area contributed by atoms with Crippen molar-refractivity contribution >= 4 is 28.9 Å². The van der Waals surface area contributed by atoms with Crippen LogP contribution in [0.4, 0.5) is 11.4 Å². The van der Waals surface area contributed by atoms with Crippen LogP contribution in [0.2, 0.25) is 5.02 Å². The van der Waals surface area contributed by atoms with Crippen molar-refractivity contribution in [2.24, 2.45) is 5.73 Å². The molecule has 5 heteroatoms. The molecule has 0 aromatic heterocycles. The fourth-order valence-electron chi connectivity index (χ4n) is 2.26. The first-order valence-corrected chi connectivity index (χ1v) is 5.97. The zero-order chi connectivity index (χ0) is 12.6. The summed E-state index contributed by atoms with van der Waals surface area (Å²) in [4.78, 5) is 13.9. The van der Waals surface area contributed by atoms with E-state index in [0.717, 1.165) is 16.9 Å². The Hall–Kier alpha value is -1.26. The Labute approximate surface area is 106 Å². The van der Waals surface area contributed by atoms with Gasteiger partial charge in [-0.15, -0.1) is 0 Å². The highest BCUT2D eigenvalue weighted by Crippen LogP contribution is 2.38. The monoisotopic (exact) mass is 253 g/mol. The quantitative estimate of drug-likeness (QED) is 0.844. The molecule has 0 saturated carbocycles. The predicted molar refractivity (Wildman–Crippen MR) is 70.7 cm³/mol. The molecule has 1 aromatic carbocycles. The minimum Gasteiger partial charge on any atom is -0.361 e. The zero-order valence-electron chi connectivity index (χ0n) is 9.96. The molecule has 0 spiro atoms. The van der Waals surface area contributed by atoms with E-state index in [1.54, 1.807) is 6.07 Å². The molecule has 0 saturated heterocycles. The lowest BCUT2D eigenvalue weighted by atomic mass is 10.0. The van der Waals surface area contributed by atoms with Gasteiger partial charge in [-0.2, -0.15) is 0 Å². The fourth-order valence-corrected chi connectivity index (χ4v) is 2.41. The smallest absolute Gasteiger partial charge is 0.247 e. The van der Waals surface area contributed by atoms with Gasteiger partial charge in [0.15, 0.2) is 0 Å². The van der Waals surface area contributed by atoms with Gasteiger partial charge in [0.05, 0.1) is 11.4 Å². The highest BCUT2D eigenvalue weighted by Gasteiger charge is 2.31. The number of anilines is 2. The maximum Gasteiger partial charge on any atom is 0.247 e.